The molecule has 4 heteroatoms. The van der Waals surface area contributed by atoms with Gasteiger partial charge in [0.2, 0.25) is 0 Å². The van der Waals surface area contributed by atoms with Crippen LogP contribution in [0, 0.1) is 11.3 Å². The van der Waals surface area contributed by atoms with Gasteiger partial charge in [0, 0.05) is 4.83 Å². The molecule has 22 heavy (non-hydrogen) atoms. The number of allylic oxidation sites excluding steroid dienone is 1. The number of hydrogen-bond acceptors (Lipinski definition) is 3. The third kappa shape index (κ3) is 3.07. The van der Waals surface area contributed by atoms with Gasteiger partial charge in [0.25, 0.3) is 0 Å². The number of carbonyl (C=O) groups is 1. The molecule has 1 N–H and O–H groups in total. The second-order valence-corrected chi connectivity index (χ2v) is 7.69. The number of benzene rings is 1. The lowest BCUT2D eigenvalue weighted by molar-refractivity contribution is 0.112. The molecule has 0 aromatic heterocycles. The number of aromatic hydroxyl groups is 1. The minimum absolute atomic E-state index is 0.0539. The molecule has 1 aromatic rings. The second-order valence-electron chi connectivity index (χ2n) is 6.58. The largest absolute Gasteiger partial charge is 0.508 e. The highest BCUT2D eigenvalue weighted by Crippen LogP contribution is 2.48. The van der Waals surface area contributed by atoms with Gasteiger partial charge < -0.3 is 9.84 Å². The smallest absolute Gasteiger partial charge is 0.153 e. The maximum Gasteiger partial charge on any atom is 0.153 e. The van der Waals surface area contributed by atoms with Crippen LogP contribution in [0.3, 0.4) is 0 Å². The van der Waals surface area contributed by atoms with Crippen molar-refractivity contribution < 1.29 is 14.6 Å². The van der Waals surface area contributed by atoms with Crippen LogP contribution in [0.5, 0.6) is 11.5 Å². The van der Waals surface area contributed by atoms with Gasteiger partial charge in [-0.2, -0.15) is 0 Å². The second kappa shape index (κ2) is 6.45. The van der Waals surface area contributed by atoms with E-state index in [1.54, 1.807) is 6.07 Å². The SMILES string of the molecule is C=C1CCC(Br)C(C)(C)[C@@H]1Cc1cc(OC)c(C=O)cc1O. The van der Waals surface area contributed by atoms with Crippen molar-refractivity contribution in [2.24, 2.45) is 11.3 Å². The van der Waals surface area contributed by atoms with Crippen LogP contribution in [-0.2, 0) is 6.42 Å². The molecule has 1 fully saturated rings. The van der Waals surface area contributed by atoms with Crippen LogP contribution in [0.1, 0.15) is 42.6 Å². The molecule has 0 radical (unpaired) electrons. The molecule has 0 heterocycles. The molecule has 0 spiro atoms. The monoisotopic (exact) mass is 366 g/mol. The lowest BCUT2D eigenvalue weighted by Crippen LogP contribution is -2.39. The Labute approximate surface area is 140 Å². The molecule has 0 aliphatic heterocycles. The Morgan fingerprint density at radius 1 is 1.50 bits per heavy atom. The molecule has 1 unspecified atom stereocenters. The number of halogens is 1. The van der Waals surface area contributed by atoms with Gasteiger partial charge in [-0.1, -0.05) is 41.9 Å². The topological polar surface area (TPSA) is 46.5 Å². The van der Waals surface area contributed by atoms with Crippen LogP contribution < -0.4 is 4.74 Å². The van der Waals surface area contributed by atoms with Crippen molar-refractivity contribution in [1.29, 1.82) is 0 Å². The summed E-state index contributed by atoms with van der Waals surface area (Å²) in [6, 6.07) is 3.24. The summed E-state index contributed by atoms with van der Waals surface area (Å²) in [6.07, 6.45) is 3.46. The number of aldehydes is 1. The van der Waals surface area contributed by atoms with E-state index in [1.807, 2.05) is 0 Å². The van der Waals surface area contributed by atoms with E-state index in [2.05, 4.69) is 36.4 Å². The van der Waals surface area contributed by atoms with Crippen LogP contribution in [0.2, 0.25) is 0 Å². The summed E-state index contributed by atoms with van der Waals surface area (Å²) in [7, 11) is 1.53. The van der Waals surface area contributed by atoms with Crippen molar-refractivity contribution >= 4 is 22.2 Å². The van der Waals surface area contributed by atoms with Crippen LogP contribution in [-0.4, -0.2) is 23.3 Å². The molecular formula is C18H23BrO3. The van der Waals surface area contributed by atoms with E-state index in [0.29, 0.717) is 28.8 Å². The molecule has 1 aliphatic rings. The summed E-state index contributed by atoms with van der Waals surface area (Å²) in [5.41, 5.74) is 2.43. The highest BCUT2D eigenvalue weighted by atomic mass is 79.9. The van der Waals surface area contributed by atoms with Gasteiger partial charge >= 0.3 is 0 Å². The lowest BCUT2D eigenvalue weighted by Gasteiger charge is -2.44. The maximum atomic E-state index is 11.0. The lowest BCUT2D eigenvalue weighted by atomic mass is 9.64. The Bertz CT molecular complexity index is 592. The highest BCUT2D eigenvalue weighted by Gasteiger charge is 2.41. The summed E-state index contributed by atoms with van der Waals surface area (Å²) in [5, 5.41) is 10.2. The molecule has 120 valence electrons. The molecule has 2 atom stereocenters. The molecular weight excluding hydrogens is 344 g/mol. The van der Waals surface area contributed by atoms with Crippen molar-refractivity contribution in [2.75, 3.05) is 7.11 Å². The number of methoxy groups -OCH3 is 1. The molecule has 1 aliphatic carbocycles. The van der Waals surface area contributed by atoms with Crippen molar-refractivity contribution in [1.82, 2.24) is 0 Å². The van der Waals surface area contributed by atoms with E-state index in [-0.39, 0.29) is 17.1 Å². The zero-order valence-electron chi connectivity index (χ0n) is 13.4. The fourth-order valence-electron chi connectivity index (χ4n) is 3.29. The van der Waals surface area contributed by atoms with Gasteiger partial charge in [0.05, 0.1) is 12.7 Å². The van der Waals surface area contributed by atoms with Gasteiger partial charge in [-0.15, -0.1) is 0 Å². The number of rotatable bonds is 4. The first-order chi connectivity index (χ1) is 10.3. The third-order valence-electron chi connectivity index (χ3n) is 4.90. The first kappa shape index (κ1) is 17.1. The number of phenolic OH excluding ortho intramolecular Hbond substituents is 1. The fourth-order valence-corrected chi connectivity index (χ4v) is 3.84. The average molecular weight is 367 g/mol. The van der Waals surface area contributed by atoms with E-state index < -0.39 is 0 Å². The van der Waals surface area contributed by atoms with Gasteiger partial charge in [-0.3, -0.25) is 4.79 Å². The Morgan fingerprint density at radius 3 is 2.77 bits per heavy atom. The number of alkyl halides is 1. The zero-order valence-corrected chi connectivity index (χ0v) is 14.9. The summed E-state index contributed by atoms with van der Waals surface area (Å²) in [6.45, 7) is 8.70. The molecule has 1 saturated carbocycles. The van der Waals surface area contributed by atoms with Crippen LogP contribution >= 0.6 is 15.9 Å². The Kier molecular flexibility index (Phi) is 5.00. The van der Waals surface area contributed by atoms with E-state index in [1.165, 1.54) is 18.7 Å². The van der Waals surface area contributed by atoms with Gasteiger partial charge in [0.15, 0.2) is 6.29 Å². The minimum Gasteiger partial charge on any atom is -0.508 e. The van der Waals surface area contributed by atoms with E-state index in [9.17, 15) is 9.90 Å². The zero-order chi connectivity index (χ0) is 16.5. The molecule has 2 rings (SSSR count). The molecule has 1 aromatic carbocycles. The number of phenols is 1. The quantitative estimate of drug-likeness (QED) is 0.484. The normalized spacial score (nSPS) is 24.1. The van der Waals surface area contributed by atoms with Crippen molar-refractivity contribution in [3.8, 4) is 11.5 Å². The molecule has 0 saturated heterocycles. The highest BCUT2D eigenvalue weighted by molar-refractivity contribution is 9.09. The average Bonchev–Trinajstić information content (AvgIpc) is 2.48. The van der Waals surface area contributed by atoms with E-state index in [0.717, 1.165) is 18.4 Å². The first-order valence-corrected chi connectivity index (χ1v) is 8.39. The standard InChI is InChI=1S/C18H23BrO3/c1-11-5-6-17(19)18(2,3)14(11)7-12-9-16(22-4)13(10-20)8-15(12)21/h8-10,14,17,21H,1,5-7H2,2-4H3/t14-,17?/m1/s1. The van der Waals surface area contributed by atoms with Gasteiger partial charge in [-0.05, 0) is 48.3 Å². The first-order valence-electron chi connectivity index (χ1n) is 7.48. The van der Waals surface area contributed by atoms with Crippen molar-refractivity contribution in [3.63, 3.8) is 0 Å². The summed E-state index contributed by atoms with van der Waals surface area (Å²) in [5.74, 6) is 0.906. The molecule has 3 nitrogen and oxygen atoms in total. The Balaban J connectivity index is 2.37. The minimum atomic E-state index is 0.0539. The van der Waals surface area contributed by atoms with Crippen LogP contribution in [0.15, 0.2) is 24.3 Å². The predicted octanol–water partition coefficient (Wildman–Crippen LogP) is 4.51. The van der Waals surface area contributed by atoms with Gasteiger partial charge in [-0.25, -0.2) is 0 Å². The Morgan fingerprint density at radius 2 is 2.18 bits per heavy atom. The number of ether oxygens (including phenoxy) is 1. The molecule has 0 bridgehead atoms. The summed E-state index contributed by atoms with van der Waals surface area (Å²) < 4.78 is 5.25. The van der Waals surface area contributed by atoms with Crippen molar-refractivity contribution in [2.45, 2.75) is 37.9 Å². The predicted molar refractivity (Wildman–Crippen MR) is 92.1 cm³/mol. The number of hydrogen-bond donors (Lipinski definition) is 1. The number of carbonyl (C=O) groups excluding carboxylic acids is 1. The van der Waals surface area contributed by atoms with E-state index >= 15 is 0 Å². The summed E-state index contributed by atoms with van der Waals surface area (Å²) in [4.78, 5) is 11.5. The van der Waals surface area contributed by atoms with Crippen LogP contribution in [0.25, 0.3) is 0 Å². The Hall–Kier alpha value is -1.29. The van der Waals surface area contributed by atoms with Gasteiger partial charge in [0.1, 0.15) is 11.5 Å². The third-order valence-corrected chi connectivity index (χ3v) is 6.54. The van der Waals surface area contributed by atoms with Crippen molar-refractivity contribution in [3.05, 3.63) is 35.4 Å². The van der Waals surface area contributed by atoms with Crippen LogP contribution in [0.4, 0.5) is 0 Å². The maximum absolute atomic E-state index is 11.0. The summed E-state index contributed by atoms with van der Waals surface area (Å²) >= 11 is 3.79. The van der Waals surface area contributed by atoms with E-state index in [4.69, 9.17) is 4.74 Å². The fraction of sp³-hybridized carbons (Fsp3) is 0.500. The molecule has 0 amide bonds.